The van der Waals surface area contributed by atoms with Gasteiger partial charge in [0, 0.05) is 38.9 Å². The summed E-state index contributed by atoms with van der Waals surface area (Å²) in [4.78, 5) is 33.4. The number of allylic oxidation sites excluding steroid dienone is 1. The third-order valence-electron chi connectivity index (χ3n) is 5.60. The van der Waals surface area contributed by atoms with Crippen LogP contribution in [0, 0.1) is 0 Å². The third kappa shape index (κ3) is 7.98. The number of carbonyl (C=O) groups excluding carboxylic acids is 2. The van der Waals surface area contributed by atoms with Gasteiger partial charge in [0.05, 0.1) is 23.5 Å². The number of aliphatic imine (C=N–C) groups is 1. The summed E-state index contributed by atoms with van der Waals surface area (Å²) in [5.74, 6) is 0.158. The van der Waals surface area contributed by atoms with Gasteiger partial charge in [-0.25, -0.2) is 4.99 Å². The summed E-state index contributed by atoms with van der Waals surface area (Å²) in [6.07, 6.45) is 9.56. The largest absolute Gasteiger partial charge is 0.396 e. The third-order valence-corrected chi connectivity index (χ3v) is 6.50. The molecule has 176 valence electrons. The molecule has 7 nitrogen and oxygen atoms in total. The molecule has 2 amide bonds. The van der Waals surface area contributed by atoms with Crippen LogP contribution in [0.3, 0.4) is 0 Å². The van der Waals surface area contributed by atoms with Gasteiger partial charge in [-0.15, -0.1) is 11.8 Å². The van der Waals surface area contributed by atoms with Crippen LogP contribution >= 0.6 is 11.8 Å². The summed E-state index contributed by atoms with van der Waals surface area (Å²) in [5, 5.41) is 13.7. The summed E-state index contributed by atoms with van der Waals surface area (Å²) in [5.41, 5.74) is 2.03. The lowest BCUT2D eigenvalue weighted by Crippen LogP contribution is -2.38. The van der Waals surface area contributed by atoms with Crippen molar-refractivity contribution in [1.29, 1.82) is 0 Å². The van der Waals surface area contributed by atoms with E-state index in [1.165, 1.54) is 37.4 Å². The van der Waals surface area contributed by atoms with Crippen LogP contribution < -0.4 is 10.2 Å². The smallest absolute Gasteiger partial charge is 0.253 e. The first kappa shape index (κ1) is 25.9. The van der Waals surface area contributed by atoms with E-state index in [4.69, 9.17) is 5.11 Å². The summed E-state index contributed by atoms with van der Waals surface area (Å²) in [6, 6.07) is 5.78. The number of hydrogen-bond donors (Lipinski definition) is 2. The van der Waals surface area contributed by atoms with E-state index in [9.17, 15) is 9.59 Å². The number of anilines is 1. The molecule has 0 atom stereocenters. The minimum absolute atomic E-state index is 0.00954. The topological polar surface area (TPSA) is 85.2 Å². The normalized spacial score (nSPS) is 14.8. The number of rotatable bonds is 11. The summed E-state index contributed by atoms with van der Waals surface area (Å²) in [7, 11) is 3.80. The van der Waals surface area contributed by atoms with E-state index in [2.05, 4.69) is 10.3 Å². The number of benzene rings is 1. The predicted octanol–water partition coefficient (Wildman–Crippen LogP) is 3.95. The van der Waals surface area contributed by atoms with Crippen molar-refractivity contribution in [2.24, 2.45) is 4.99 Å². The fourth-order valence-corrected chi connectivity index (χ4v) is 4.31. The van der Waals surface area contributed by atoms with Crippen LogP contribution in [0.2, 0.25) is 0 Å². The molecular formula is C24H36N4O3S. The molecule has 0 heterocycles. The van der Waals surface area contributed by atoms with Gasteiger partial charge in [0.25, 0.3) is 5.91 Å². The van der Waals surface area contributed by atoms with Gasteiger partial charge in [-0.3, -0.25) is 9.59 Å². The summed E-state index contributed by atoms with van der Waals surface area (Å²) >= 11 is 1.41. The Morgan fingerprint density at radius 2 is 2.00 bits per heavy atom. The maximum Gasteiger partial charge on any atom is 0.253 e. The Bertz CT molecular complexity index is 806. The molecule has 1 aliphatic rings. The summed E-state index contributed by atoms with van der Waals surface area (Å²) in [6.45, 7) is 2.66. The number of aliphatic hydroxyl groups excluding tert-OH is 1. The highest BCUT2D eigenvalue weighted by Gasteiger charge is 2.23. The van der Waals surface area contributed by atoms with E-state index in [1.807, 2.05) is 54.4 Å². The van der Waals surface area contributed by atoms with Crippen LogP contribution in [0.15, 0.2) is 34.7 Å². The second-order valence-corrected chi connectivity index (χ2v) is 8.91. The first-order valence-electron chi connectivity index (χ1n) is 11.3. The average Bonchev–Trinajstić information content (AvgIpc) is 2.82. The highest BCUT2D eigenvalue weighted by molar-refractivity contribution is 8.02. The molecule has 1 aliphatic carbocycles. The Morgan fingerprint density at radius 1 is 1.25 bits per heavy atom. The maximum atomic E-state index is 13.1. The molecule has 1 fully saturated rings. The van der Waals surface area contributed by atoms with E-state index in [0.717, 1.165) is 18.5 Å². The van der Waals surface area contributed by atoms with E-state index in [1.54, 1.807) is 6.07 Å². The van der Waals surface area contributed by atoms with Crippen molar-refractivity contribution in [3.8, 4) is 0 Å². The molecule has 0 unspecified atom stereocenters. The number of thioether (sulfide) groups is 1. The number of nitrogens with zero attached hydrogens (tertiary/aromatic N) is 3. The molecule has 0 bridgehead atoms. The van der Waals surface area contributed by atoms with Crippen LogP contribution in [-0.2, 0) is 4.79 Å². The molecule has 2 N–H and O–H groups in total. The standard InChI is InChI=1S/C24H36N4O3S/c1-4-15-32-17-23(30)26-18-25-21-16-19(11-12-22(21)27(2)13-8-14-29)24(31)28(3)20-9-6-5-7-10-20/h4,11-12,15-16,18,20,29H,5-10,13-14,17H2,1-3H3,(H,25,26,30)/b15-4-. The van der Waals surface area contributed by atoms with E-state index >= 15 is 0 Å². The zero-order chi connectivity index (χ0) is 23.3. The Morgan fingerprint density at radius 3 is 2.69 bits per heavy atom. The van der Waals surface area contributed by atoms with E-state index in [-0.39, 0.29) is 24.5 Å². The molecule has 0 radical (unpaired) electrons. The number of hydrogen-bond acceptors (Lipinski definition) is 6. The van der Waals surface area contributed by atoms with Crippen molar-refractivity contribution in [2.45, 2.75) is 51.5 Å². The zero-order valence-corrected chi connectivity index (χ0v) is 20.2. The lowest BCUT2D eigenvalue weighted by Gasteiger charge is -2.31. The van der Waals surface area contributed by atoms with Crippen molar-refractivity contribution >= 4 is 41.3 Å². The highest BCUT2D eigenvalue weighted by Crippen LogP contribution is 2.30. The minimum atomic E-state index is -0.142. The fourth-order valence-electron chi connectivity index (χ4n) is 3.78. The number of carbonyl (C=O) groups is 2. The second kappa shape index (κ2) is 14.0. The van der Waals surface area contributed by atoms with Crippen LogP contribution in [0.5, 0.6) is 0 Å². The van der Waals surface area contributed by atoms with Crippen LogP contribution in [0.4, 0.5) is 11.4 Å². The van der Waals surface area contributed by atoms with Crippen LogP contribution in [0.1, 0.15) is 55.8 Å². The fraction of sp³-hybridized carbons (Fsp3) is 0.542. The SMILES string of the molecule is C/C=C\SCC(=O)NC=Nc1cc(C(=O)N(C)C2CCCCC2)ccc1N(C)CCCO. The van der Waals surface area contributed by atoms with E-state index in [0.29, 0.717) is 30.0 Å². The maximum absolute atomic E-state index is 13.1. The molecule has 0 saturated heterocycles. The lowest BCUT2D eigenvalue weighted by atomic mass is 9.94. The Labute approximate surface area is 196 Å². The molecule has 1 saturated carbocycles. The molecule has 0 spiro atoms. The first-order chi connectivity index (χ1) is 15.5. The monoisotopic (exact) mass is 460 g/mol. The van der Waals surface area contributed by atoms with Gasteiger partial charge < -0.3 is 20.2 Å². The van der Waals surface area contributed by atoms with Crippen molar-refractivity contribution in [3.63, 3.8) is 0 Å². The van der Waals surface area contributed by atoms with Crippen molar-refractivity contribution in [2.75, 3.05) is 37.9 Å². The molecule has 8 heteroatoms. The Hall–Kier alpha value is -2.32. The van der Waals surface area contributed by atoms with Gasteiger partial charge >= 0.3 is 0 Å². The summed E-state index contributed by atoms with van der Waals surface area (Å²) < 4.78 is 0. The molecule has 0 aliphatic heterocycles. The average molecular weight is 461 g/mol. The van der Waals surface area contributed by atoms with Crippen LogP contribution in [0.25, 0.3) is 0 Å². The van der Waals surface area contributed by atoms with Crippen molar-refractivity contribution < 1.29 is 14.7 Å². The first-order valence-corrected chi connectivity index (χ1v) is 12.3. The molecule has 2 rings (SSSR count). The predicted molar refractivity (Wildman–Crippen MR) is 134 cm³/mol. The molecular weight excluding hydrogens is 424 g/mol. The van der Waals surface area contributed by atoms with Crippen LogP contribution in [-0.4, -0.2) is 67.2 Å². The van der Waals surface area contributed by atoms with E-state index < -0.39 is 0 Å². The lowest BCUT2D eigenvalue weighted by molar-refractivity contribution is -0.117. The van der Waals surface area contributed by atoms with Crippen molar-refractivity contribution in [1.82, 2.24) is 10.2 Å². The van der Waals surface area contributed by atoms with Gasteiger partial charge in [0.15, 0.2) is 0 Å². The number of aliphatic hydroxyl groups is 1. The molecule has 1 aromatic rings. The van der Waals surface area contributed by atoms with Gasteiger partial charge in [0.2, 0.25) is 5.91 Å². The number of amides is 2. The minimum Gasteiger partial charge on any atom is -0.396 e. The van der Waals surface area contributed by atoms with Gasteiger partial charge in [-0.2, -0.15) is 0 Å². The quantitative estimate of drug-likeness (QED) is 0.386. The molecule has 32 heavy (non-hydrogen) atoms. The Balaban J connectivity index is 2.19. The highest BCUT2D eigenvalue weighted by atomic mass is 32.2. The second-order valence-electron chi connectivity index (χ2n) is 8.02. The Kier molecular flexibility index (Phi) is 11.3. The van der Waals surface area contributed by atoms with Gasteiger partial charge in [-0.05, 0) is 49.8 Å². The zero-order valence-electron chi connectivity index (χ0n) is 19.4. The van der Waals surface area contributed by atoms with Crippen molar-refractivity contribution in [3.05, 3.63) is 35.2 Å². The van der Waals surface area contributed by atoms with Gasteiger partial charge in [-0.1, -0.05) is 25.3 Å². The number of nitrogens with one attached hydrogen (secondary N) is 1. The van der Waals surface area contributed by atoms with Gasteiger partial charge in [0.1, 0.15) is 0 Å². The molecule has 1 aromatic carbocycles. The molecule has 0 aromatic heterocycles.